The Hall–Kier alpha value is -1.35. The van der Waals surface area contributed by atoms with E-state index in [0.717, 1.165) is 29.7 Å². The van der Waals surface area contributed by atoms with E-state index in [4.69, 9.17) is 0 Å². The van der Waals surface area contributed by atoms with Gasteiger partial charge in [-0.2, -0.15) is 0 Å². The van der Waals surface area contributed by atoms with E-state index in [-0.39, 0.29) is 18.0 Å². The van der Waals surface area contributed by atoms with Crippen LogP contribution in [0.2, 0.25) is 0 Å². The molecule has 0 amide bonds. The van der Waals surface area contributed by atoms with Gasteiger partial charge < -0.3 is 0 Å². The Morgan fingerprint density at radius 3 is 2.81 bits per heavy atom. The molecule has 0 radical (unpaired) electrons. The molecule has 0 N–H and O–H groups in total. The van der Waals surface area contributed by atoms with Crippen LogP contribution in [0.1, 0.15) is 24.6 Å². The van der Waals surface area contributed by atoms with Gasteiger partial charge in [0.05, 0.1) is 0 Å². The molecule has 0 saturated carbocycles. The number of fused-ring (bicyclic) bond motifs is 1. The van der Waals surface area contributed by atoms with Gasteiger partial charge in [-0.3, -0.25) is 9.20 Å². The summed E-state index contributed by atoms with van der Waals surface area (Å²) in [4.78, 5) is 16.5. The van der Waals surface area contributed by atoms with Crippen molar-refractivity contribution >= 4 is 18.1 Å². The molecule has 0 fully saturated rings. The normalized spacial score (nSPS) is 10.1. The van der Waals surface area contributed by atoms with Crippen LogP contribution in [0.5, 0.6) is 0 Å². The average Bonchev–Trinajstić information content (AvgIpc) is 2.24. The molecule has 0 spiro atoms. The standard InChI is InChI=1S/C12H14N2O.ClH/c1-3-6-10-9(2)13-11-7-4-5-8-14(11)12(10)15;/h4-5,7-8H,3,6H2,1-2H3;1H. The lowest BCUT2D eigenvalue weighted by Gasteiger charge is -2.06. The average molecular weight is 239 g/mol. The third-order valence-electron chi connectivity index (χ3n) is 2.53. The van der Waals surface area contributed by atoms with Crippen LogP contribution in [-0.4, -0.2) is 9.38 Å². The van der Waals surface area contributed by atoms with Crippen LogP contribution in [0.25, 0.3) is 5.65 Å². The van der Waals surface area contributed by atoms with E-state index in [1.54, 1.807) is 10.6 Å². The Morgan fingerprint density at radius 1 is 1.38 bits per heavy atom. The number of aryl methyl sites for hydroxylation is 1. The lowest BCUT2D eigenvalue weighted by molar-refractivity contribution is 0.857. The van der Waals surface area contributed by atoms with Crippen LogP contribution in [0.15, 0.2) is 29.2 Å². The van der Waals surface area contributed by atoms with Crippen molar-refractivity contribution in [1.29, 1.82) is 0 Å². The van der Waals surface area contributed by atoms with Crippen LogP contribution in [-0.2, 0) is 6.42 Å². The summed E-state index contributed by atoms with van der Waals surface area (Å²) in [5.74, 6) is 0. The molecule has 0 aliphatic carbocycles. The molecular weight excluding hydrogens is 224 g/mol. The molecular formula is C12H15ClN2O. The van der Waals surface area contributed by atoms with Gasteiger partial charge in [-0.15, -0.1) is 12.4 Å². The summed E-state index contributed by atoms with van der Waals surface area (Å²) in [6.45, 7) is 3.97. The first-order valence-electron chi connectivity index (χ1n) is 5.21. The Bertz CT molecular complexity index is 548. The predicted molar refractivity (Wildman–Crippen MR) is 67.4 cm³/mol. The number of hydrogen-bond acceptors (Lipinski definition) is 2. The number of hydrogen-bond donors (Lipinski definition) is 0. The number of nitrogens with zero attached hydrogens (tertiary/aromatic N) is 2. The maximum Gasteiger partial charge on any atom is 0.261 e. The highest BCUT2D eigenvalue weighted by atomic mass is 35.5. The van der Waals surface area contributed by atoms with Crippen molar-refractivity contribution in [2.75, 3.05) is 0 Å². The van der Waals surface area contributed by atoms with E-state index < -0.39 is 0 Å². The topological polar surface area (TPSA) is 34.4 Å². The third-order valence-corrected chi connectivity index (χ3v) is 2.53. The molecule has 16 heavy (non-hydrogen) atoms. The highest BCUT2D eigenvalue weighted by Crippen LogP contribution is 2.05. The van der Waals surface area contributed by atoms with Crippen molar-refractivity contribution in [2.45, 2.75) is 26.7 Å². The zero-order valence-electron chi connectivity index (χ0n) is 9.43. The van der Waals surface area contributed by atoms with Gasteiger partial charge in [0.25, 0.3) is 5.56 Å². The molecule has 0 aromatic carbocycles. The molecule has 0 saturated heterocycles. The van der Waals surface area contributed by atoms with Gasteiger partial charge in [0.1, 0.15) is 5.65 Å². The SMILES string of the molecule is CCCc1c(C)nc2ccccn2c1=O.Cl. The summed E-state index contributed by atoms with van der Waals surface area (Å²) < 4.78 is 1.61. The van der Waals surface area contributed by atoms with Gasteiger partial charge in [0.15, 0.2) is 0 Å². The van der Waals surface area contributed by atoms with Crippen molar-refractivity contribution in [1.82, 2.24) is 9.38 Å². The summed E-state index contributed by atoms with van der Waals surface area (Å²) in [5, 5.41) is 0. The number of halogens is 1. The zero-order valence-corrected chi connectivity index (χ0v) is 10.3. The van der Waals surface area contributed by atoms with Gasteiger partial charge in [0.2, 0.25) is 0 Å². The van der Waals surface area contributed by atoms with Crippen LogP contribution < -0.4 is 5.56 Å². The fourth-order valence-electron chi connectivity index (χ4n) is 1.77. The number of rotatable bonds is 2. The molecule has 0 aliphatic rings. The fraction of sp³-hybridized carbons (Fsp3) is 0.333. The lowest BCUT2D eigenvalue weighted by Crippen LogP contribution is -2.21. The largest absolute Gasteiger partial charge is 0.269 e. The molecule has 2 aromatic heterocycles. The Balaban J connectivity index is 0.00000128. The van der Waals surface area contributed by atoms with Crippen molar-refractivity contribution < 1.29 is 0 Å². The third kappa shape index (κ3) is 2.09. The number of aromatic nitrogens is 2. The molecule has 3 nitrogen and oxygen atoms in total. The van der Waals surface area contributed by atoms with Gasteiger partial charge in [0, 0.05) is 17.5 Å². The molecule has 0 aliphatic heterocycles. The quantitative estimate of drug-likeness (QED) is 0.805. The number of pyridine rings is 1. The van der Waals surface area contributed by atoms with Crippen molar-refractivity contribution in [3.63, 3.8) is 0 Å². The first kappa shape index (κ1) is 12.7. The van der Waals surface area contributed by atoms with Crippen LogP contribution in [0.3, 0.4) is 0 Å². The monoisotopic (exact) mass is 238 g/mol. The minimum atomic E-state index is 0. The fourth-order valence-corrected chi connectivity index (χ4v) is 1.77. The lowest BCUT2D eigenvalue weighted by atomic mass is 10.1. The van der Waals surface area contributed by atoms with Crippen molar-refractivity contribution in [3.05, 3.63) is 46.0 Å². The van der Waals surface area contributed by atoms with E-state index in [9.17, 15) is 4.79 Å². The second kappa shape index (κ2) is 5.12. The Kier molecular flexibility index (Phi) is 4.07. The molecule has 86 valence electrons. The Labute approximate surface area is 101 Å². The first-order valence-corrected chi connectivity index (χ1v) is 5.21. The first-order chi connectivity index (χ1) is 7.24. The van der Waals surface area contributed by atoms with Gasteiger partial charge in [-0.05, 0) is 25.5 Å². The van der Waals surface area contributed by atoms with Crippen LogP contribution in [0.4, 0.5) is 0 Å². The van der Waals surface area contributed by atoms with E-state index in [1.807, 2.05) is 25.1 Å². The van der Waals surface area contributed by atoms with Crippen LogP contribution in [0, 0.1) is 6.92 Å². The zero-order chi connectivity index (χ0) is 10.8. The van der Waals surface area contributed by atoms with E-state index in [0.29, 0.717) is 0 Å². The van der Waals surface area contributed by atoms with Gasteiger partial charge in [-0.25, -0.2) is 4.98 Å². The maximum atomic E-state index is 12.1. The Morgan fingerprint density at radius 2 is 2.12 bits per heavy atom. The second-order valence-corrected chi connectivity index (χ2v) is 3.66. The molecule has 4 heteroatoms. The predicted octanol–water partition coefficient (Wildman–Crippen LogP) is 2.38. The van der Waals surface area contributed by atoms with Crippen molar-refractivity contribution in [3.8, 4) is 0 Å². The molecule has 2 aromatic rings. The minimum absolute atomic E-state index is 0. The van der Waals surface area contributed by atoms with Gasteiger partial charge in [-0.1, -0.05) is 19.4 Å². The maximum absolute atomic E-state index is 12.1. The van der Waals surface area contributed by atoms with Crippen LogP contribution >= 0.6 is 12.4 Å². The minimum Gasteiger partial charge on any atom is -0.269 e. The van der Waals surface area contributed by atoms with Crippen molar-refractivity contribution in [2.24, 2.45) is 0 Å². The van der Waals surface area contributed by atoms with E-state index >= 15 is 0 Å². The molecule has 0 atom stereocenters. The summed E-state index contributed by atoms with van der Waals surface area (Å²) in [6, 6.07) is 5.59. The summed E-state index contributed by atoms with van der Waals surface area (Å²) in [7, 11) is 0. The smallest absolute Gasteiger partial charge is 0.261 e. The molecule has 0 unspecified atom stereocenters. The van der Waals surface area contributed by atoms with E-state index in [1.165, 1.54) is 0 Å². The summed E-state index contributed by atoms with van der Waals surface area (Å²) >= 11 is 0. The second-order valence-electron chi connectivity index (χ2n) is 3.66. The van der Waals surface area contributed by atoms with Gasteiger partial charge >= 0.3 is 0 Å². The molecule has 2 heterocycles. The highest BCUT2D eigenvalue weighted by Gasteiger charge is 2.07. The molecule has 2 rings (SSSR count). The highest BCUT2D eigenvalue weighted by molar-refractivity contribution is 5.85. The van der Waals surface area contributed by atoms with E-state index in [2.05, 4.69) is 11.9 Å². The molecule has 0 bridgehead atoms. The summed E-state index contributed by atoms with van der Waals surface area (Å²) in [6.07, 6.45) is 3.54. The summed E-state index contributed by atoms with van der Waals surface area (Å²) in [5.41, 5.74) is 2.48.